The van der Waals surface area contributed by atoms with Crippen molar-refractivity contribution in [1.82, 2.24) is 4.90 Å². The molecular formula is C14H23N3O2. The van der Waals surface area contributed by atoms with Gasteiger partial charge in [0.05, 0.1) is 13.7 Å². The molecule has 0 saturated heterocycles. The standard InChI is InChI=1S/C14H23N3O2/c1-11(8-9-15)17(2)10-14(18)16-12-4-6-13(19-3)7-5-12/h4-7,11H,8-10,15H2,1-3H3,(H,16,18). The zero-order valence-electron chi connectivity index (χ0n) is 11.8. The summed E-state index contributed by atoms with van der Waals surface area (Å²) in [6.45, 7) is 3.05. The van der Waals surface area contributed by atoms with Crippen LogP contribution in [0.4, 0.5) is 5.69 Å². The second kappa shape index (κ2) is 7.76. The molecule has 5 nitrogen and oxygen atoms in total. The van der Waals surface area contributed by atoms with E-state index in [0.29, 0.717) is 19.1 Å². The molecule has 0 spiro atoms. The minimum atomic E-state index is -0.0310. The van der Waals surface area contributed by atoms with E-state index in [1.807, 2.05) is 36.2 Å². The zero-order valence-corrected chi connectivity index (χ0v) is 11.8. The summed E-state index contributed by atoms with van der Waals surface area (Å²) in [4.78, 5) is 13.9. The van der Waals surface area contributed by atoms with E-state index in [9.17, 15) is 4.79 Å². The Balaban J connectivity index is 2.45. The smallest absolute Gasteiger partial charge is 0.238 e. The highest BCUT2D eigenvalue weighted by Gasteiger charge is 2.12. The Kier molecular flexibility index (Phi) is 6.32. The van der Waals surface area contributed by atoms with Gasteiger partial charge in [-0.3, -0.25) is 9.69 Å². The van der Waals surface area contributed by atoms with Crippen molar-refractivity contribution >= 4 is 11.6 Å². The number of rotatable bonds is 7. The molecule has 0 aliphatic rings. The average Bonchev–Trinajstić information content (AvgIpc) is 2.39. The van der Waals surface area contributed by atoms with Crippen molar-refractivity contribution in [1.29, 1.82) is 0 Å². The predicted octanol–water partition coefficient (Wildman–Crippen LogP) is 1.30. The maximum Gasteiger partial charge on any atom is 0.238 e. The van der Waals surface area contributed by atoms with Gasteiger partial charge in [-0.1, -0.05) is 0 Å². The molecule has 0 bridgehead atoms. The summed E-state index contributed by atoms with van der Waals surface area (Å²) in [6, 6.07) is 7.57. The van der Waals surface area contributed by atoms with Gasteiger partial charge in [-0.05, 0) is 51.2 Å². The number of hydrogen-bond acceptors (Lipinski definition) is 4. The van der Waals surface area contributed by atoms with Gasteiger partial charge in [0.2, 0.25) is 5.91 Å². The van der Waals surface area contributed by atoms with Crippen LogP contribution >= 0.6 is 0 Å². The van der Waals surface area contributed by atoms with Crippen LogP contribution in [0.15, 0.2) is 24.3 Å². The van der Waals surface area contributed by atoms with Crippen LogP contribution in [0.5, 0.6) is 5.75 Å². The number of nitrogens with two attached hydrogens (primary N) is 1. The van der Waals surface area contributed by atoms with Crippen molar-refractivity contribution in [3.63, 3.8) is 0 Å². The van der Waals surface area contributed by atoms with Gasteiger partial charge in [-0.2, -0.15) is 0 Å². The van der Waals surface area contributed by atoms with Gasteiger partial charge < -0.3 is 15.8 Å². The molecule has 1 aromatic carbocycles. The van der Waals surface area contributed by atoms with Crippen LogP contribution in [0.2, 0.25) is 0 Å². The molecule has 0 aromatic heterocycles. The van der Waals surface area contributed by atoms with Crippen LogP contribution in [0.1, 0.15) is 13.3 Å². The fourth-order valence-corrected chi connectivity index (χ4v) is 1.72. The van der Waals surface area contributed by atoms with Gasteiger partial charge in [0.15, 0.2) is 0 Å². The van der Waals surface area contributed by atoms with Crippen LogP contribution in [0.25, 0.3) is 0 Å². The average molecular weight is 265 g/mol. The SMILES string of the molecule is COc1ccc(NC(=O)CN(C)C(C)CCN)cc1. The first-order valence-corrected chi connectivity index (χ1v) is 6.41. The maximum absolute atomic E-state index is 11.9. The van der Waals surface area contributed by atoms with Gasteiger partial charge in [-0.25, -0.2) is 0 Å². The molecule has 1 rings (SSSR count). The van der Waals surface area contributed by atoms with Crippen LogP contribution in [0, 0.1) is 0 Å². The molecule has 0 heterocycles. The van der Waals surface area contributed by atoms with Crippen molar-refractivity contribution in [2.75, 3.05) is 32.6 Å². The number of likely N-dealkylation sites (N-methyl/N-ethyl adjacent to an activating group) is 1. The summed E-state index contributed by atoms with van der Waals surface area (Å²) in [5.41, 5.74) is 6.28. The van der Waals surface area contributed by atoms with Crippen molar-refractivity contribution < 1.29 is 9.53 Å². The molecule has 1 aromatic rings. The molecule has 0 saturated carbocycles. The first-order valence-electron chi connectivity index (χ1n) is 6.41. The summed E-state index contributed by atoms with van der Waals surface area (Å²) in [5, 5.41) is 2.85. The lowest BCUT2D eigenvalue weighted by Gasteiger charge is -2.23. The number of carbonyl (C=O) groups is 1. The Morgan fingerprint density at radius 1 is 1.42 bits per heavy atom. The Hall–Kier alpha value is -1.59. The summed E-state index contributed by atoms with van der Waals surface area (Å²) >= 11 is 0. The van der Waals surface area contributed by atoms with Gasteiger partial charge in [0.25, 0.3) is 0 Å². The molecule has 106 valence electrons. The van der Waals surface area contributed by atoms with E-state index in [-0.39, 0.29) is 5.91 Å². The van der Waals surface area contributed by atoms with E-state index in [2.05, 4.69) is 12.2 Å². The second-order valence-corrected chi connectivity index (χ2v) is 4.62. The number of anilines is 1. The number of ether oxygens (including phenoxy) is 1. The number of nitrogens with zero attached hydrogens (tertiary/aromatic N) is 1. The van der Waals surface area contributed by atoms with Crippen LogP contribution in [0.3, 0.4) is 0 Å². The monoisotopic (exact) mass is 265 g/mol. The number of benzene rings is 1. The van der Waals surface area contributed by atoms with Gasteiger partial charge >= 0.3 is 0 Å². The van der Waals surface area contributed by atoms with Crippen LogP contribution in [-0.4, -0.2) is 44.1 Å². The quantitative estimate of drug-likeness (QED) is 0.780. The van der Waals surface area contributed by atoms with E-state index < -0.39 is 0 Å². The largest absolute Gasteiger partial charge is 0.497 e. The minimum absolute atomic E-state index is 0.0310. The lowest BCUT2D eigenvalue weighted by atomic mass is 10.2. The molecule has 1 atom stereocenters. The van der Waals surface area contributed by atoms with Crippen molar-refractivity contribution in [3.05, 3.63) is 24.3 Å². The van der Waals surface area contributed by atoms with E-state index in [4.69, 9.17) is 10.5 Å². The number of hydrogen-bond donors (Lipinski definition) is 2. The topological polar surface area (TPSA) is 67.6 Å². The third-order valence-electron chi connectivity index (χ3n) is 3.10. The van der Waals surface area contributed by atoms with Gasteiger partial charge in [-0.15, -0.1) is 0 Å². The highest BCUT2D eigenvalue weighted by atomic mass is 16.5. The third kappa shape index (κ3) is 5.28. The highest BCUT2D eigenvalue weighted by Crippen LogP contribution is 2.14. The third-order valence-corrected chi connectivity index (χ3v) is 3.10. The maximum atomic E-state index is 11.9. The highest BCUT2D eigenvalue weighted by molar-refractivity contribution is 5.92. The molecule has 5 heteroatoms. The molecule has 0 radical (unpaired) electrons. The fraction of sp³-hybridized carbons (Fsp3) is 0.500. The second-order valence-electron chi connectivity index (χ2n) is 4.62. The van der Waals surface area contributed by atoms with E-state index in [0.717, 1.165) is 17.9 Å². The number of amides is 1. The van der Waals surface area contributed by atoms with Gasteiger partial charge in [0.1, 0.15) is 5.75 Å². The zero-order chi connectivity index (χ0) is 14.3. The molecule has 1 unspecified atom stereocenters. The van der Waals surface area contributed by atoms with Crippen molar-refractivity contribution in [2.45, 2.75) is 19.4 Å². The van der Waals surface area contributed by atoms with Gasteiger partial charge in [0, 0.05) is 11.7 Å². The van der Waals surface area contributed by atoms with E-state index >= 15 is 0 Å². The van der Waals surface area contributed by atoms with E-state index in [1.54, 1.807) is 7.11 Å². The normalized spacial score (nSPS) is 12.3. The summed E-state index contributed by atoms with van der Waals surface area (Å²) in [6.07, 6.45) is 0.881. The number of methoxy groups -OCH3 is 1. The minimum Gasteiger partial charge on any atom is -0.497 e. The summed E-state index contributed by atoms with van der Waals surface area (Å²) in [5.74, 6) is 0.739. The summed E-state index contributed by atoms with van der Waals surface area (Å²) < 4.78 is 5.06. The lowest BCUT2D eigenvalue weighted by molar-refractivity contribution is -0.117. The first kappa shape index (κ1) is 15.5. The molecule has 1 amide bonds. The van der Waals surface area contributed by atoms with E-state index in [1.165, 1.54) is 0 Å². The lowest BCUT2D eigenvalue weighted by Crippen LogP contribution is -2.37. The number of nitrogens with one attached hydrogen (secondary N) is 1. The molecular weight excluding hydrogens is 242 g/mol. The molecule has 19 heavy (non-hydrogen) atoms. The molecule has 3 N–H and O–H groups in total. The molecule has 0 fully saturated rings. The molecule has 0 aliphatic heterocycles. The number of carbonyl (C=O) groups excluding carboxylic acids is 1. The first-order chi connectivity index (χ1) is 9.06. The predicted molar refractivity (Wildman–Crippen MR) is 77.4 cm³/mol. The van der Waals surface area contributed by atoms with Crippen molar-refractivity contribution in [2.24, 2.45) is 5.73 Å². The van der Waals surface area contributed by atoms with Crippen molar-refractivity contribution in [3.8, 4) is 5.75 Å². The van der Waals surface area contributed by atoms with Crippen LogP contribution in [-0.2, 0) is 4.79 Å². The summed E-state index contributed by atoms with van der Waals surface area (Å²) in [7, 11) is 3.54. The fourth-order valence-electron chi connectivity index (χ4n) is 1.72. The Bertz CT molecular complexity index is 392. The Morgan fingerprint density at radius 3 is 2.58 bits per heavy atom. The Morgan fingerprint density at radius 2 is 2.05 bits per heavy atom. The molecule has 0 aliphatic carbocycles. The Labute approximate surface area is 114 Å². The van der Waals surface area contributed by atoms with Crippen LogP contribution < -0.4 is 15.8 Å².